The number of rotatable bonds is 18. The van der Waals surface area contributed by atoms with Crippen molar-refractivity contribution in [2.45, 2.75) is 242 Å². The predicted octanol–water partition coefficient (Wildman–Crippen LogP) is 13.5. The van der Waals surface area contributed by atoms with E-state index in [1.165, 1.54) is 4.72 Å². The SMILES string of the molecule is O=C(OCC(F)(C(F)(F)F)S(=O)(=O)O)C12CC3CC(CC(C3)C1)C2.O=S(=O)(O)C(F)(F)C(F)(F)C(F)(F)S(=O)(=O)NC12CC3CC(CC(C3)C1)C2.O=S(=O)(Oc1c(C2CCCCC2)cc(C2CCCCC2)cc1C1CCCCC1)C(F)(F)C(F)(F)C(F)F.O=S(=O)=O. The van der Waals surface area contributed by atoms with Gasteiger partial charge in [0, 0.05) is 5.54 Å². The van der Waals surface area contributed by atoms with Gasteiger partial charge in [-0.3, -0.25) is 13.9 Å². The zero-order valence-corrected chi connectivity index (χ0v) is 53.0. The van der Waals surface area contributed by atoms with E-state index in [-0.39, 0.29) is 60.5 Å². The molecular weight excluding hydrogens is 1380 g/mol. The molecule has 11 saturated carbocycles. The van der Waals surface area contributed by atoms with Crippen LogP contribution in [-0.2, 0) is 60.5 Å². The van der Waals surface area contributed by atoms with E-state index in [1.54, 1.807) is 0 Å². The molecule has 0 saturated heterocycles. The van der Waals surface area contributed by atoms with Crippen LogP contribution in [0.3, 0.4) is 0 Å². The minimum absolute atomic E-state index is 0.0207. The molecule has 11 fully saturated rings. The smallest absolute Gasteiger partial charge is 0.448 e. The highest BCUT2D eigenvalue weighted by atomic mass is 32.2. The van der Waals surface area contributed by atoms with Crippen LogP contribution in [0, 0.1) is 40.9 Å². The lowest BCUT2D eigenvalue weighted by Crippen LogP contribution is -2.67. The average molecular weight is 1450 g/mol. The lowest BCUT2D eigenvalue weighted by Gasteiger charge is -2.56. The van der Waals surface area contributed by atoms with Crippen LogP contribution < -0.4 is 8.91 Å². The third-order valence-electron chi connectivity index (χ3n) is 20.0. The van der Waals surface area contributed by atoms with Crippen molar-refractivity contribution < 1.29 is 139 Å². The molecule has 0 amide bonds. The first-order valence-corrected chi connectivity index (χ1v) is 36.7. The van der Waals surface area contributed by atoms with E-state index in [0.29, 0.717) is 73.8 Å². The third-order valence-corrected chi connectivity index (χ3v) is 25.0. The fourth-order valence-corrected chi connectivity index (χ4v) is 19.8. The fraction of sp³-hybridized carbons (Fsp3) is 0.870. The predicted molar refractivity (Wildman–Crippen MR) is 291 cm³/mol. The Morgan fingerprint density at radius 3 is 1.21 bits per heavy atom. The molecule has 1 unspecified atom stereocenters. The molecule has 8 bridgehead atoms. The van der Waals surface area contributed by atoms with Gasteiger partial charge in [-0.25, -0.2) is 26.3 Å². The van der Waals surface area contributed by atoms with Crippen LogP contribution in [0.1, 0.15) is 208 Å². The van der Waals surface area contributed by atoms with Gasteiger partial charge in [-0.1, -0.05) is 69.9 Å². The van der Waals surface area contributed by atoms with Gasteiger partial charge in [-0.05, 0) is 186 Å². The summed E-state index contributed by atoms with van der Waals surface area (Å²) in [6.07, 6.45) is 9.61. The van der Waals surface area contributed by atoms with Crippen LogP contribution in [0.25, 0.3) is 0 Å². The van der Waals surface area contributed by atoms with Crippen LogP contribution in [0.5, 0.6) is 5.75 Å². The van der Waals surface area contributed by atoms with Crippen molar-refractivity contribution in [2.75, 3.05) is 6.61 Å². The number of alkyl halides is 16. The Kier molecular flexibility index (Phi) is 22.5. The normalized spacial score (nSPS) is 29.2. The first-order valence-electron chi connectivity index (χ1n) is 30.0. The fourth-order valence-electron chi connectivity index (χ4n) is 16.4. The van der Waals surface area contributed by atoms with E-state index in [9.17, 15) is 109 Å². The largest absolute Gasteiger partial charge is 0.460 e. The Morgan fingerprint density at radius 2 is 0.880 bits per heavy atom. The number of halogens is 16. The zero-order valence-electron chi connectivity index (χ0n) is 48.9. The number of sulfonamides is 1. The van der Waals surface area contributed by atoms with Gasteiger partial charge in [0.2, 0.25) is 0 Å². The van der Waals surface area contributed by atoms with Gasteiger partial charge >= 0.3 is 92.1 Å². The monoisotopic (exact) mass is 1450 g/mol. The standard InChI is InChI=1S/C27H36F6O3S.C14H18F4O5S.C13H17F6NO5S2.O3S/c28-25(29)26(30,31)27(32,33)37(34,35)36-24-22(19-12-6-2-7-13-19)16-21(18-10-4-1-5-11-18)17-23(24)20-14-8-3-9-15-20;15-13(14(16,17)18,24(20,21)22)7-23-11(19)12-4-8-1-9(5-12)3-10(2-8)6-12;14-11(15,13(18,19)27(23,24)25)12(16,17)26(21,22)20-10-4-7-1-8(5-10)3-9(2-7)6-10;1-4(2)3/h16-20,25H,1-15H2;8-10H,1-7H2,(H,20,21,22);7-9,20H,1-6H2,(H,23,24,25);. The van der Waals surface area contributed by atoms with Crippen molar-refractivity contribution >= 4 is 57.0 Å². The van der Waals surface area contributed by atoms with Gasteiger partial charge in [-0.2, -0.15) is 82.3 Å². The molecule has 0 heterocycles. The Hall–Kier alpha value is -3.33. The summed E-state index contributed by atoms with van der Waals surface area (Å²) >= 11 is 0. The van der Waals surface area contributed by atoms with E-state index in [4.69, 9.17) is 25.9 Å². The summed E-state index contributed by atoms with van der Waals surface area (Å²) in [5.74, 6) is -13.4. The molecule has 11 aliphatic rings. The van der Waals surface area contributed by atoms with Gasteiger partial charge in [0.15, 0.2) is 6.61 Å². The second-order valence-electron chi connectivity index (χ2n) is 26.6. The minimum Gasteiger partial charge on any atom is -0.460 e. The quantitative estimate of drug-likeness (QED) is 0.0533. The van der Waals surface area contributed by atoms with Crippen molar-refractivity contribution in [1.29, 1.82) is 0 Å². The molecule has 1 aromatic carbocycles. The van der Waals surface area contributed by atoms with Crippen LogP contribution >= 0.6 is 0 Å². The number of nitrogens with one attached hydrogen (secondary N) is 1. The Bertz CT molecular complexity index is 3300. The molecule has 0 aromatic heterocycles. The number of benzene rings is 1. The van der Waals surface area contributed by atoms with Gasteiger partial charge in [0.1, 0.15) is 5.75 Å². The van der Waals surface area contributed by atoms with Gasteiger partial charge in [0.25, 0.3) is 10.0 Å². The first-order chi connectivity index (χ1) is 42.0. The molecule has 11 aliphatic carbocycles. The van der Waals surface area contributed by atoms with E-state index in [2.05, 4.69) is 4.74 Å². The molecule has 1 atom stereocenters. The molecule has 3 N–H and O–H groups in total. The maximum atomic E-state index is 14.5. The number of carbonyl (C=O) groups excluding carboxylic acids is 1. The van der Waals surface area contributed by atoms with E-state index >= 15 is 0 Å². The lowest BCUT2D eigenvalue weighted by atomic mass is 9.49. The van der Waals surface area contributed by atoms with Gasteiger partial charge < -0.3 is 8.92 Å². The molecule has 530 valence electrons. The van der Waals surface area contributed by atoms with Crippen molar-refractivity contribution in [3.63, 3.8) is 0 Å². The molecule has 38 heteroatoms. The second-order valence-corrected chi connectivity index (χ2v) is 33.4. The Labute approximate surface area is 522 Å². The molecule has 1 aromatic rings. The van der Waals surface area contributed by atoms with Crippen molar-refractivity contribution in [1.82, 2.24) is 4.72 Å². The van der Waals surface area contributed by atoms with Crippen LogP contribution in [-0.4, -0.2) is 119 Å². The van der Waals surface area contributed by atoms with E-state index < -0.39 is 120 Å². The number of ether oxygens (including phenoxy) is 1. The summed E-state index contributed by atoms with van der Waals surface area (Å²) in [5.41, 5.74) is -0.484. The Balaban J connectivity index is 0.000000195. The number of esters is 1. The summed E-state index contributed by atoms with van der Waals surface area (Å²) in [4.78, 5) is 12.4. The van der Waals surface area contributed by atoms with E-state index in [0.717, 1.165) is 115 Å². The van der Waals surface area contributed by atoms with Crippen molar-refractivity contribution in [3.8, 4) is 5.75 Å². The summed E-state index contributed by atoms with van der Waals surface area (Å²) in [6, 6.07) is 3.65. The number of hydrogen-bond donors (Lipinski definition) is 3. The molecule has 92 heavy (non-hydrogen) atoms. The molecule has 17 nitrogen and oxygen atoms in total. The highest BCUT2D eigenvalue weighted by molar-refractivity contribution is 7.91. The van der Waals surface area contributed by atoms with Gasteiger partial charge in [0.05, 0.1) is 5.41 Å². The van der Waals surface area contributed by atoms with Crippen LogP contribution in [0.15, 0.2) is 12.1 Å². The van der Waals surface area contributed by atoms with Crippen LogP contribution in [0.4, 0.5) is 70.2 Å². The molecule has 0 radical (unpaired) electrons. The molecule has 0 aliphatic heterocycles. The van der Waals surface area contributed by atoms with Gasteiger partial charge in [-0.15, -0.1) is 12.6 Å². The van der Waals surface area contributed by atoms with E-state index in [1.807, 2.05) is 12.1 Å². The number of hydrogen-bond acceptors (Lipinski definition) is 14. The summed E-state index contributed by atoms with van der Waals surface area (Å²) < 4.78 is 361. The van der Waals surface area contributed by atoms with Crippen molar-refractivity contribution in [2.24, 2.45) is 40.9 Å². The molecule has 0 spiro atoms. The zero-order chi connectivity index (χ0) is 69.1. The average Bonchev–Trinajstić information content (AvgIpc) is 0.729. The topological polar surface area (TPSA) is 276 Å². The maximum Gasteiger partial charge on any atom is 0.448 e. The highest BCUT2D eigenvalue weighted by Crippen LogP contribution is 2.62. The number of carbonyl (C=O) groups is 1. The summed E-state index contributed by atoms with van der Waals surface area (Å²) in [5, 5.41) is -24.3. The third kappa shape index (κ3) is 15.3. The lowest BCUT2D eigenvalue weighted by molar-refractivity contribution is -0.246. The summed E-state index contributed by atoms with van der Waals surface area (Å²) in [7, 11) is -29.1. The van der Waals surface area contributed by atoms with Crippen LogP contribution in [0.2, 0.25) is 0 Å². The second kappa shape index (κ2) is 27.2. The first kappa shape index (κ1) is 76.0. The van der Waals surface area contributed by atoms with Crippen molar-refractivity contribution in [3.05, 3.63) is 28.8 Å². The summed E-state index contributed by atoms with van der Waals surface area (Å²) in [6.45, 7) is -2.09. The molecule has 12 rings (SSSR count). The Morgan fingerprint density at radius 1 is 0.533 bits per heavy atom. The molecular formula is C54H71F16NO16S5. The minimum atomic E-state index is -7.01. The highest BCUT2D eigenvalue weighted by Gasteiger charge is 2.83. The maximum absolute atomic E-state index is 14.5.